The predicted octanol–water partition coefficient (Wildman–Crippen LogP) is 3.73. The Morgan fingerprint density at radius 2 is 2.06 bits per heavy atom. The first-order chi connectivity index (χ1) is 8.13. The molecular weight excluding hydrogens is 346 g/mol. The number of hydrogen-bond acceptors (Lipinski definition) is 3. The van der Waals surface area contributed by atoms with E-state index in [0.29, 0.717) is 11.4 Å². The molecule has 0 unspecified atom stereocenters. The van der Waals surface area contributed by atoms with Gasteiger partial charge in [0.1, 0.15) is 5.82 Å². The molecule has 3 nitrogen and oxygen atoms in total. The van der Waals surface area contributed by atoms with Gasteiger partial charge < -0.3 is 5.73 Å². The first kappa shape index (κ1) is 12.1. The van der Waals surface area contributed by atoms with E-state index in [1.807, 2.05) is 18.2 Å². The number of rotatable bonds is 1. The van der Waals surface area contributed by atoms with Crippen LogP contribution in [-0.4, -0.2) is 4.98 Å². The van der Waals surface area contributed by atoms with Gasteiger partial charge in [-0.15, -0.1) is 0 Å². The largest absolute Gasteiger partial charge is 0.383 e. The Hall–Kier alpha value is -1.38. The number of pyridine rings is 1. The van der Waals surface area contributed by atoms with E-state index < -0.39 is 0 Å². The Morgan fingerprint density at radius 1 is 1.29 bits per heavy atom. The quantitative estimate of drug-likeness (QED) is 0.850. The Labute approximate surface area is 116 Å². The van der Waals surface area contributed by atoms with E-state index in [0.717, 1.165) is 20.1 Å². The number of hydrogen-bond donors (Lipinski definition) is 1. The predicted molar refractivity (Wildman–Crippen MR) is 74.2 cm³/mol. The smallest absolute Gasteiger partial charge is 0.138 e. The zero-order chi connectivity index (χ0) is 12.4. The van der Waals surface area contributed by atoms with E-state index in [9.17, 15) is 0 Å². The number of nitrogens with zero attached hydrogens (tertiary/aromatic N) is 2. The monoisotopic (exact) mass is 351 g/mol. The third kappa shape index (κ3) is 2.33. The van der Waals surface area contributed by atoms with Gasteiger partial charge in [0.25, 0.3) is 0 Å². The van der Waals surface area contributed by atoms with E-state index in [1.165, 1.54) is 0 Å². The molecule has 0 aliphatic rings. The summed E-state index contributed by atoms with van der Waals surface area (Å²) < 4.78 is 1.55. The summed E-state index contributed by atoms with van der Waals surface area (Å²) in [4.78, 5) is 4.03. The summed E-state index contributed by atoms with van der Waals surface area (Å²) in [7, 11) is 0. The highest BCUT2D eigenvalue weighted by atomic mass is 79.9. The summed E-state index contributed by atoms with van der Waals surface area (Å²) in [5.41, 5.74) is 8.17. The second kappa shape index (κ2) is 4.86. The minimum Gasteiger partial charge on any atom is -0.383 e. The standard InChI is InChI=1S/C12H7Br2N3/c13-9-6-17-12(16)11(14)10(9)8-3-1-2-7(4-8)5-15/h1-4,6H,(H2,16,17). The molecule has 0 saturated heterocycles. The van der Waals surface area contributed by atoms with E-state index in [4.69, 9.17) is 11.0 Å². The Bertz CT molecular complexity index is 618. The third-order valence-corrected chi connectivity index (χ3v) is 3.68. The van der Waals surface area contributed by atoms with E-state index >= 15 is 0 Å². The second-order valence-electron chi connectivity index (χ2n) is 3.37. The topological polar surface area (TPSA) is 62.7 Å². The van der Waals surface area contributed by atoms with Crippen molar-refractivity contribution < 1.29 is 0 Å². The Kier molecular flexibility index (Phi) is 3.46. The van der Waals surface area contributed by atoms with Crippen molar-refractivity contribution in [3.63, 3.8) is 0 Å². The Balaban J connectivity index is 2.68. The van der Waals surface area contributed by atoms with Crippen molar-refractivity contribution in [2.75, 3.05) is 5.73 Å². The van der Waals surface area contributed by atoms with Crippen molar-refractivity contribution in [3.8, 4) is 17.2 Å². The zero-order valence-electron chi connectivity index (χ0n) is 8.61. The van der Waals surface area contributed by atoms with Crippen LogP contribution in [0.25, 0.3) is 11.1 Å². The maximum Gasteiger partial charge on any atom is 0.138 e. The van der Waals surface area contributed by atoms with E-state index in [2.05, 4.69) is 42.9 Å². The highest BCUT2D eigenvalue weighted by molar-refractivity contribution is 9.11. The van der Waals surface area contributed by atoms with Gasteiger partial charge in [0, 0.05) is 16.2 Å². The molecule has 2 N–H and O–H groups in total. The van der Waals surface area contributed by atoms with Gasteiger partial charge in [0.15, 0.2) is 0 Å². The van der Waals surface area contributed by atoms with Gasteiger partial charge in [-0.3, -0.25) is 0 Å². The lowest BCUT2D eigenvalue weighted by molar-refractivity contribution is 1.30. The minimum atomic E-state index is 0.422. The van der Waals surface area contributed by atoms with Crippen LogP contribution in [0.3, 0.4) is 0 Å². The average molecular weight is 353 g/mol. The van der Waals surface area contributed by atoms with Crippen LogP contribution in [0.5, 0.6) is 0 Å². The summed E-state index contributed by atoms with van der Waals surface area (Å²) in [6, 6.07) is 9.44. The second-order valence-corrected chi connectivity index (χ2v) is 5.02. The number of benzene rings is 1. The maximum atomic E-state index is 8.89. The number of halogens is 2. The van der Waals surface area contributed by atoms with Gasteiger partial charge in [-0.05, 0) is 49.6 Å². The van der Waals surface area contributed by atoms with Gasteiger partial charge in [-0.25, -0.2) is 4.98 Å². The summed E-state index contributed by atoms with van der Waals surface area (Å²) in [6.07, 6.45) is 1.65. The molecule has 2 aromatic rings. The molecule has 0 aliphatic heterocycles. The molecule has 2 rings (SSSR count). The third-order valence-electron chi connectivity index (χ3n) is 2.28. The van der Waals surface area contributed by atoms with Crippen molar-refractivity contribution in [2.24, 2.45) is 0 Å². The fraction of sp³-hybridized carbons (Fsp3) is 0. The van der Waals surface area contributed by atoms with Gasteiger partial charge in [0.05, 0.1) is 16.1 Å². The molecule has 0 spiro atoms. The SMILES string of the molecule is N#Cc1cccc(-c2c(Br)cnc(N)c2Br)c1. The normalized spacial score (nSPS) is 9.94. The lowest BCUT2D eigenvalue weighted by atomic mass is 10.0. The Morgan fingerprint density at radius 3 is 2.76 bits per heavy atom. The number of nitriles is 1. The molecule has 84 valence electrons. The van der Waals surface area contributed by atoms with Crippen LogP contribution >= 0.6 is 31.9 Å². The molecule has 1 aromatic heterocycles. The van der Waals surface area contributed by atoms with Crippen LogP contribution in [0.2, 0.25) is 0 Å². The molecule has 0 saturated carbocycles. The van der Waals surface area contributed by atoms with Crippen molar-refractivity contribution in [3.05, 3.63) is 45.0 Å². The fourth-order valence-electron chi connectivity index (χ4n) is 1.49. The van der Waals surface area contributed by atoms with Gasteiger partial charge in [-0.1, -0.05) is 12.1 Å². The summed E-state index contributed by atoms with van der Waals surface area (Å²) in [5, 5.41) is 8.89. The van der Waals surface area contributed by atoms with Crippen molar-refractivity contribution in [2.45, 2.75) is 0 Å². The number of anilines is 1. The van der Waals surface area contributed by atoms with Crippen molar-refractivity contribution in [1.82, 2.24) is 4.98 Å². The summed E-state index contributed by atoms with van der Waals surface area (Å²) in [5.74, 6) is 0.422. The van der Waals surface area contributed by atoms with Gasteiger partial charge in [-0.2, -0.15) is 5.26 Å². The lowest BCUT2D eigenvalue weighted by Gasteiger charge is -2.09. The summed E-state index contributed by atoms with van der Waals surface area (Å²) in [6.45, 7) is 0. The molecular formula is C12H7Br2N3. The number of aromatic nitrogens is 1. The molecule has 0 aliphatic carbocycles. The lowest BCUT2D eigenvalue weighted by Crippen LogP contribution is -1.94. The summed E-state index contributed by atoms with van der Waals surface area (Å²) >= 11 is 6.85. The molecule has 5 heteroatoms. The van der Waals surface area contributed by atoms with Crippen LogP contribution in [-0.2, 0) is 0 Å². The van der Waals surface area contributed by atoms with Crippen molar-refractivity contribution >= 4 is 37.7 Å². The van der Waals surface area contributed by atoms with Crippen LogP contribution < -0.4 is 5.73 Å². The van der Waals surface area contributed by atoms with Gasteiger partial charge in [0.2, 0.25) is 0 Å². The molecule has 0 amide bonds. The van der Waals surface area contributed by atoms with Crippen LogP contribution in [0.1, 0.15) is 5.56 Å². The number of nitrogen functional groups attached to an aromatic ring is 1. The molecule has 1 aromatic carbocycles. The zero-order valence-corrected chi connectivity index (χ0v) is 11.8. The van der Waals surface area contributed by atoms with E-state index in [-0.39, 0.29) is 0 Å². The maximum absolute atomic E-state index is 8.89. The molecule has 0 bridgehead atoms. The van der Waals surface area contributed by atoms with Crippen molar-refractivity contribution in [1.29, 1.82) is 5.26 Å². The average Bonchev–Trinajstić information content (AvgIpc) is 2.35. The first-order valence-corrected chi connectivity index (χ1v) is 6.32. The molecule has 1 heterocycles. The first-order valence-electron chi connectivity index (χ1n) is 4.73. The van der Waals surface area contributed by atoms with Crippen LogP contribution in [0.15, 0.2) is 39.4 Å². The van der Waals surface area contributed by atoms with Gasteiger partial charge >= 0.3 is 0 Å². The van der Waals surface area contributed by atoms with E-state index in [1.54, 1.807) is 12.3 Å². The molecule has 17 heavy (non-hydrogen) atoms. The van der Waals surface area contributed by atoms with Crippen LogP contribution in [0, 0.1) is 11.3 Å². The minimum absolute atomic E-state index is 0.422. The number of nitrogens with two attached hydrogens (primary N) is 1. The molecule has 0 fully saturated rings. The highest BCUT2D eigenvalue weighted by Crippen LogP contribution is 2.37. The fourth-order valence-corrected chi connectivity index (χ4v) is 2.83. The van der Waals surface area contributed by atoms with Crippen LogP contribution in [0.4, 0.5) is 5.82 Å². The molecule has 0 radical (unpaired) electrons. The molecule has 0 atom stereocenters. The highest BCUT2D eigenvalue weighted by Gasteiger charge is 2.11.